The first kappa shape index (κ1) is 25.0. The maximum absolute atomic E-state index is 11.1. The fourth-order valence-electron chi connectivity index (χ4n) is 3.15. The predicted octanol–water partition coefficient (Wildman–Crippen LogP) is 3.38. The Balaban J connectivity index is 0.000000300. The molecule has 0 fully saturated rings. The Morgan fingerprint density at radius 1 is 0.667 bits per heavy atom. The Labute approximate surface area is 179 Å². The number of hydrogen-bond donors (Lipinski definition) is 4. The third-order valence-corrected chi connectivity index (χ3v) is 4.94. The highest BCUT2D eigenvalue weighted by Gasteiger charge is 2.06. The van der Waals surface area contributed by atoms with Gasteiger partial charge in [-0.3, -0.25) is 9.59 Å². The average molecular weight is 415 g/mol. The number of aromatic hydroxyl groups is 2. The molecule has 0 bridgehead atoms. The molecule has 0 aliphatic heterocycles. The van der Waals surface area contributed by atoms with Crippen molar-refractivity contribution in [2.24, 2.45) is 0 Å². The molecule has 164 valence electrons. The standard InChI is InChI=1S/2C12H17NO2/c2*1-8-6-10(4-5-11(14)13-3)7-9(2)12(8)15/h2*6-7,15H,4-5H2,1-3H3,(H,13,14). The predicted molar refractivity (Wildman–Crippen MR) is 120 cm³/mol. The zero-order valence-electron chi connectivity index (χ0n) is 18.8. The first-order valence-electron chi connectivity index (χ1n) is 10.1. The molecular formula is C24H34N2O4. The Morgan fingerprint density at radius 2 is 0.933 bits per heavy atom. The molecule has 2 amide bonds. The van der Waals surface area contributed by atoms with Gasteiger partial charge >= 0.3 is 0 Å². The van der Waals surface area contributed by atoms with Crippen molar-refractivity contribution in [1.82, 2.24) is 10.6 Å². The molecule has 2 aromatic rings. The highest BCUT2D eigenvalue weighted by atomic mass is 16.3. The summed E-state index contributed by atoms with van der Waals surface area (Å²) in [4.78, 5) is 22.1. The first-order chi connectivity index (χ1) is 14.1. The van der Waals surface area contributed by atoms with Crippen LogP contribution in [-0.4, -0.2) is 36.1 Å². The fourth-order valence-corrected chi connectivity index (χ4v) is 3.15. The average Bonchev–Trinajstić information content (AvgIpc) is 2.72. The number of rotatable bonds is 6. The number of phenols is 2. The van der Waals surface area contributed by atoms with Crippen molar-refractivity contribution >= 4 is 11.8 Å². The van der Waals surface area contributed by atoms with E-state index in [1.54, 1.807) is 14.1 Å². The maximum Gasteiger partial charge on any atom is 0.220 e. The summed E-state index contributed by atoms with van der Waals surface area (Å²) in [5.74, 6) is 0.772. The van der Waals surface area contributed by atoms with E-state index in [0.29, 0.717) is 37.2 Å². The van der Waals surface area contributed by atoms with Crippen molar-refractivity contribution in [2.45, 2.75) is 53.4 Å². The first-order valence-corrected chi connectivity index (χ1v) is 10.1. The van der Waals surface area contributed by atoms with Crippen LogP contribution in [0, 0.1) is 27.7 Å². The van der Waals surface area contributed by atoms with E-state index < -0.39 is 0 Å². The zero-order valence-corrected chi connectivity index (χ0v) is 18.8. The summed E-state index contributed by atoms with van der Waals surface area (Å²) in [5.41, 5.74) is 5.63. The molecule has 0 spiro atoms. The number of benzene rings is 2. The van der Waals surface area contributed by atoms with Gasteiger partial charge in [-0.1, -0.05) is 24.3 Å². The Hall–Kier alpha value is -3.02. The van der Waals surface area contributed by atoms with Gasteiger partial charge in [0.2, 0.25) is 11.8 Å². The largest absolute Gasteiger partial charge is 0.507 e. The normalized spacial score (nSPS) is 10.1. The van der Waals surface area contributed by atoms with Gasteiger partial charge in [-0.05, 0) is 73.9 Å². The van der Waals surface area contributed by atoms with E-state index >= 15 is 0 Å². The number of carbonyl (C=O) groups excluding carboxylic acids is 2. The van der Waals surface area contributed by atoms with Gasteiger partial charge in [-0.15, -0.1) is 0 Å². The molecule has 0 aromatic heterocycles. The third-order valence-electron chi connectivity index (χ3n) is 4.94. The molecule has 0 aliphatic carbocycles. The van der Waals surface area contributed by atoms with Crippen molar-refractivity contribution in [2.75, 3.05) is 14.1 Å². The molecule has 0 saturated carbocycles. The minimum atomic E-state index is 0.0402. The number of hydrogen-bond acceptors (Lipinski definition) is 4. The monoisotopic (exact) mass is 414 g/mol. The van der Waals surface area contributed by atoms with Gasteiger partial charge in [-0.2, -0.15) is 0 Å². The lowest BCUT2D eigenvalue weighted by Gasteiger charge is -2.07. The Kier molecular flexibility index (Phi) is 9.89. The Morgan fingerprint density at radius 3 is 1.17 bits per heavy atom. The SMILES string of the molecule is CNC(=O)CCc1cc(C)c(O)c(C)c1.CNC(=O)CCc1cc(C)c(O)c(C)c1. The molecule has 6 heteroatoms. The van der Waals surface area contributed by atoms with E-state index in [9.17, 15) is 19.8 Å². The molecule has 4 N–H and O–H groups in total. The molecule has 0 heterocycles. The van der Waals surface area contributed by atoms with Gasteiger partial charge < -0.3 is 20.8 Å². The summed E-state index contributed by atoms with van der Waals surface area (Å²) < 4.78 is 0. The van der Waals surface area contributed by atoms with Crippen LogP contribution in [0.2, 0.25) is 0 Å². The lowest BCUT2D eigenvalue weighted by Crippen LogP contribution is -2.17. The molecule has 0 atom stereocenters. The van der Waals surface area contributed by atoms with E-state index in [4.69, 9.17) is 0 Å². The number of carbonyl (C=O) groups is 2. The van der Waals surface area contributed by atoms with E-state index in [-0.39, 0.29) is 11.8 Å². The van der Waals surface area contributed by atoms with Crippen LogP contribution in [0.5, 0.6) is 11.5 Å². The van der Waals surface area contributed by atoms with Crippen LogP contribution >= 0.6 is 0 Å². The minimum absolute atomic E-state index is 0.0402. The molecule has 2 aromatic carbocycles. The van der Waals surface area contributed by atoms with Crippen molar-refractivity contribution in [1.29, 1.82) is 0 Å². The number of phenolic OH excluding ortho intramolecular Hbond substituents is 2. The number of aryl methyl sites for hydroxylation is 6. The molecule has 0 saturated heterocycles. The number of amides is 2. The second-order valence-electron chi connectivity index (χ2n) is 7.50. The summed E-state index contributed by atoms with van der Waals surface area (Å²) in [5, 5.41) is 24.3. The van der Waals surface area contributed by atoms with Gasteiger partial charge in [0.1, 0.15) is 11.5 Å². The van der Waals surface area contributed by atoms with E-state index in [0.717, 1.165) is 33.4 Å². The second kappa shape index (κ2) is 11.9. The molecule has 30 heavy (non-hydrogen) atoms. The van der Waals surface area contributed by atoms with Gasteiger partial charge in [0, 0.05) is 26.9 Å². The van der Waals surface area contributed by atoms with Gasteiger partial charge in [-0.25, -0.2) is 0 Å². The summed E-state index contributed by atoms with van der Waals surface area (Å²) in [6.07, 6.45) is 2.39. The van der Waals surface area contributed by atoms with Crippen molar-refractivity contribution in [3.05, 3.63) is 57.6 Å². The van der Waals surface area contributed by atoms with E-state index in [1.165, 1.54) is 0 Å². The van der Waals surface area contributed by atoms with Crippen molar-refractivity contribution in [3.63, 3.8) is 0 Å². The second-order valence-corrected chi connectivity index (χ2v) is 7.50. The molecule has 0 unspecified atom stereocenters. The maximum atomic E-state index is 11.1. The smallest absolute Gasteiger partial charge is 0.220 e. The molecule has 2 rings (SSSR count). The van der Waals surface area contributed by atoms with Gasteiger partial charge in [0.25, 0.3) is 0 Å². The van der Waals surface area contributed by atoms with E-state index in [1.807, 2.05) is 52.0 Å². The van der Waals surface area contributed by atoms with Crippen LogP contribution in [0.25, 0.3) is 0 Å². The van der Waals surface area contributed by atoms with Crippen LogP contribution < -0.4 is 10.6 Å². The van der Waals surface area contributed by atoms with Crippen LogP contribution in [0.1, 0.15) is 46.2 Å². The molecule has 6 nitrogen and oxygen atoms in total. The minimum Gasteiger partial charge on any atom is -0.507 e. The molecule has 0 aliphatic rings. The topological polar surface area (TPSA) is 98.7 Å². The number of nitrogens with one attached hydrogen (secondary N) is 2. The van der Waals surface area contributed by atoms with E-state index in [2.05, 4.69) is 10.6 Å². The molecular weight excluding hydrogens is 380 g/mol. The van der Waals surface area contributed by atoms with Gasteiger partial charge in [0.05, 0.1) is 0 Å². The lowest BCUT2D eigenvalue weighted by molar-refractivity contribution is -0.121. The zero-order chi connectivity index (χ0) is 22.8. The Bertz CT molecular complexity index is 771. The highest BCUT2D eigenvalue weighted by molar-refractivity contribution is 5.76. The van der Waals surface area contributed by atoms with Crippen molar-refractivity contribution in [3.8, 4) is 11.5 Å². The van der Waals surface area contributed by atoms with Gasteiger partial charge in [0.15, 0.2) is 0 Å². The van der Waals surface area contributed by atoms with Crippen LogP contribution in [-0.2, 0) is 22.4 Å². The fraction of sp³-hybridized carbons (Fsp3) is 0.417. The summed E-state index contributed by atoms with van der Waals surface area (Å²) in [7, 11) is 3.27. The summed E-state index contributed by atoms with van der Waals surface area (Å²) >= 11 is 0. The van der Waals surface area contributed by atoms with Crippen LogP contribution in [0.3, 0.4) is 0 Å². The van der Waals surface area contributed by atoms with Crippen molar-refractivity contribution < 1.29 is 19.8 Å². The van der Waals surface area contributed by atoms with Crippen LogP contribution in [0.4, 0.5) is 0 Å². The third kappa shape index (κ3) is 7.78. The lowest BCUT2D eigenvalue weighted by atomic mass is 10.0. The van der Waals surface area contributed by atoms with Crippen LogP contribution in [0.15, 0.2) is 24.3 Å². The molecule has 0 radical (unpaired) electrons. The summed E-state index contributed by atoms with van der Waals surface area (Å²) in [6, 6.07) is 7.69. The quantitative estimate of drug-likeness (QED) is 0.582. The summed E-state index contributed by atoms with van der Waals surface area (Å²) in [6.45, 7) is 7.47. The highest BCUT2D eigenvalue weighted by Crippen LogP contribution is 2.24.